The Kier molecular flexibility index (Phi) is 6.30. The van der Waals surface area contributed by atoms with Gasteiger partial charge in [-0.3, -0.25) is 15.1 Å². The molecular formula is C26H26N6O3. The maximum Gasteiger partial charge on any atom is 0.320 e. The van der Waals surface area contributed by atoms with Gasteiger partial charge in [-0.2, -0.15) is 9.78 Å². The average molecular weight is 471 g/mol. The smallest absolute Gasteiger partial charge is 0.320 e. The number of carbonyl (C=O) groups is 1. The highest BCUT2D eigenvalue weighted by Crippen LogP contribution is 2.24. The molecule has 1 aliphatic rings. The number of anilines is 1. The number of nitrogens with one attached hydrogen (secondary N) is 3. The van der Waals surface area contributed by atoms with Gasteiger partial charge >= 0.3 is 6.03 Å². The van der Waals surface area contributed by atoms with Gasteiger partial charge in [-0.1, -0.05) is 42.5 Å². The van der Waals surface area contributed by atoms with Crippen molar-refractivity contribution in [2.24, 2.45) is 0 Å². The van der Waals surface area contributed by atoms with E-state index in [0.717, 1.165) is 53.8 Å². The molecule has 178 valence electrons. The van der Waals surface area contributed by atoms with Crippen molar-refractivity contribution in [1.29, 1.82) is 0 Å². The number of aromatic nitrogens is 4. The molecule has 9 heteroatoms. The minimum atomic E-state index is -0.401. The molecule has 3 N–H and O–H groups in total. The van der Waals surface area contributed by atoms with Crippen molar-refractivity contribution in [2.45, 2.75) is 32.2 Å². The minimum absolute atomic E-state index is 0.156. The third kappa shape index (κ3) is 4.93. The molecule has 0 fully saturated rings. The largest absolute Gasteiger partial charge is 0.497 e. The topological polar surface area (TPSA) is 114 Å². The van der Waals surface area contributed by atoms with Crippen molar-refractivity contribution in [1.82, 2.24) is 25.1 Å². The van der Waals surface area contributed by atoms with E-state index in [2.05, 4.69) is 20.7 Å². The summed E-state index contributed by atoms with van der Waals surface area (Å²) in [4.78, 5) is 33.0. The Hall–Kier alpha value is -4.40. The zero-order chi connectivity index (χ0) is 24.2. The Morgan fingerprint density at radius 1 is 1.09 bits per heavy atom. The quantitative estimate of drug-likeness (QED) is 0.396. The van der Waals surface area contributed by atoms with Gasteiger partial charge in [0.25, 0.3) is 5.56 Å². The van der Waals surface area contributed by atoms with E-state index < -0.39 is 6.03 Å². The predicted molar refractivity (Wildman–Crippen MR) is 133 cm³/mol. The zero-order valence-corrected chi connectivity index (χ0v) is 19.4. The van der Waals surface area contributed by atoms with E-state index in [0.29, 0.717) is 18.1 Å². The number of benzene rings is 2. The molecule has 0 unspecified atom stereocenters. The van der Waals surface area contributed by atoms with Gasteiger partial charge in [0, 0.05) is 23.7 Å². The second-order valence-corrected chi connectivity index (χ2v) is 8.37. The fourth-order valence-electron chi connectivity index (χ4n) is 4.16. The van der Waals surface area contributed by atoms with Gasteiger partial charge in [0.05, 0.1) is 18.5 Å². The lowest BCUT2D eigenvalue weighted by Gasteiger charge is -2.15. The summed E-state index contributed by atoms with van der Waals surface area (Å²) in [6.07, 6.45) is 3.46. The third-order valence-corrected chi connectivity index (χ3v) is 6.01. The van der Waals surface area contributed by atoms with Crippen molar-refractivity contribution in [3.63, 3.8) is 0 Å². The van der Waals surface area contributed by atoms with Crippen LogP contribution in [0, 0.1) is 0 Å². The molecule has 1 aliphatic carbocycles. The molecule has 0 atom stereocenters. The van der Waals surface area contributed by atoms with E-state index in [-0.39, 0.29) is 11.5 Å². The zero-order valence-electron chi connectivity index (χ0n) is 19.4. The molecule has 4 aromatic rings. The van der Waals surface area contributed by atoms with Crippen LogP contribution in [-0.2, 0) is 19.4 Å². The van der Waals surface area contributed by atoms with Crippen LogP contribution in [0.25, 0.3) is 17.2 Å². The number of urea groups is 1. The Balaban J connectivity index is 1.43. The monoisotopic (exact) mass is 470 g/mol. The van der Waals surface area contributed by atoms with Crippen LogP contribution in [0.5, 0.6) is 5.75 Å². The molecule has 35 heavy (non-hydrogen) atoms. The van der Waals surface area contributed by atoms with Crippen LogP contribution in [0.3, 0.4) is 0 Å². The summed E-state index contributed by atoms with van der Waals surface area (Å²) in [6.45, 7) is 0.337. The number of hydrogen-bond acceptors (Lipinski definition) is 5. The average Bonchev–Trinajstić information content (AvgIpc) is 3.32. The molecule has 9 nitrogen and oxygen atoms in total. The summed E-state index contributed by atoms with van der Waals surface area (Å²) < 4.78 is 6.65. The fraction of sp³-hybridized carbons (Fsp3) is 0.231. The molecule has 0 spiro atoms. The first-order chi connectivity index (χ1) is 17.1. The maximum absolute atomic E-state index is 12.8. The molecule has 2 heterocycles. The summed E-state index contributed by atoms with van der Waals surface area (Å²) in [7, 11) is 1.61. The molecule has 0 radical (unpaired) electrons. The lowest BCUT2D eigenvalue weighted by Crippen LogP contribution is -2.30. The van der Waals surface area contributed by atoms with Crippen LogP contribution in [0.15, 0.2) is 65.5 Å². The first-order valence-corrected chi connectivity index (χ1v) is 11.6. The molecule has 0 bridgehead atoms. The van der Waals surface area contributed by atoms with E-state index >= 15 is 0 Å². The molecule has 2 aromatic carbocycles. The summed E-state index contributed by atoms with van der Waals surface area (Å²) in [5, 5.41) is 10.4. The van der Waals surface area contributed by atoms with E-state index in [9.17, 15) is 9.59 Å². The molecule has 5 rings (SSSR count). The first-order valence-electron chi connectivity index (χ1n) is 11.6. The highest BCUT2D eigenvalue weighted by Gasteiger charge is 2.20. The van der Waals surface area contributed by atoms with Gasteiger partial charge in [0.2, 0.25) is 5.95 Å². The SMILES string of the molecule is COc1ccc(CNC(=O)Nc2cc(-c3ccccc3)nn2-c2nc3c(c(=O)[nH]2)CCCC3)cc1. The highest BCUT2D eigenvalue weighted by molar-refractivity contribution is 5.89. The third-order valence-electron chi connectivity index (χ3n) is 6.01. The Morgan fingerprint density at radius 2 is 1.86 bits per heavy atom. The van der Waals surface area contributed by atoms with E-state index in [1.165, 1.54) is 4.68 Å². The van der Waals surface area contributed by atoms with Crippen molar-refractivity contribution in [2.75, 3.05) is 12.4 Å². The van der Waals surface area contributed by atoms with E-state index in [1.54, 1.807) is 13.2 Å². The van der Waals surface area contributed by atoms with Gasteiger partial charge in [-0.25, -0.2) is 9.78 Å². The number of aryl methyl sites for hydroxylation is 1. The van der Waals surface area contributed by atoms with Crippen molar-refractivity contribution in [3.05, 3.63) is 87.8 Å². The Labute approximate surface area is 202 Å². The summed E-state index contributed by atoms with van der Waals surface area (Å²) in [6, 6.07) is 18.5. The van der Waals surface area contributed by atoms with Gasteiger partial charge < -0.3 is 10.1 Å². The number of rotatable bonds is 6. The first kappa shape index (κ1) is 22.4. The van der Waals surface area contributed by atoms with Crippen molar-refractivity contribution in [3.8, 4) is 23.0 Å². The Bertz CT molecular complexity index is 1390. The summed E-state index contributed by atoms with van der Waals surface area (Å²) in [5.74, 6) is 1.43. The van der Waals surface area contributed by atoms with Crippen LogP contribution in [-0.4, -0.2) is 32.9 Å². The number of nitrogens with zero attached hydrogens (tertiary/aromatic N) is 3. The van der Waals surface area contributed by atoms with Crippen LogP contribution in [0.1, 0.15) is 29.7 Å². The number of aromatic amines is 1. The fourth-order valence-corrected chi connectivity index (χ4v) is 4.16. The molecule has 2 amide bonds. The lowest BCUT2D eigenvalue weighted by atomic mass is 9.97. The summed E-state index contributed by atoms with van der Waals surface area (Å²) in [5.41, 5.74) is 3.84. The van der Waals surface area contributed by atoms with E-state index in [4.69, 9.17) is 9.72 Å². The van der Waals surface area contributed by atoms with Gasteiger partial charge in [0.15, 0.2) is 0 Å². The number of hydrogen-bond donors (Lipinski definition) is 3. The van der Waals surface area contributed by atoms with Gasteiger partial charge in [-0.05, 0) is 43.4 Å². The van der Waals surface area contributed by atoms with Gasteiger partial charge in [-0.15, -0.1) is 0 Å². The summed E-state index contributed by atoms with van der Waals surface area (Å²) >= 11 is 0. The second-order valence-electron chi connectivity index (χ2n) is 8.37. The number of fused-ring (bicyclic) bond motifs is 1. The number of carbonyl (C=O) groups excluding carboxylic acids is 1. The molecule has 0 saturated carbocycles. The highest BCUT2D eigenvalue weighted by atomic mass is 16.5. The lowest BCUT2D eigenvalue weighted by molar-refractivity contribution is 0.251. The normalized spacial score (nSPS) is 12.6. The maximum atomic E-state index is 12.8. The van der Waals surface area contributed by atoms with Crippen LogP contribution in [0.2, 0.25) is 0 Å². The van der Waals surface area contributed by atoms with Crippen molar-refractivity contribution < 1.29 is 9.53 Å². The van der Waals surface area contributed by atoms with Crippen molar-refractivity contribution >= 4 is 11.8 Å². The number of amides is 2. The predicted octanol–water partition coefficient (Wildman–Crippen LogP) is 3.83. The number of methoxy groups -OCH3 is 1. The molecule has 0 saturated heterocycles. The minimum Gasteiger partial charge on any atom is -0.497 e. The molecular weight excluding hydrogens is 444 g/mol. The standard InChI is InChI=1S/C26H26N6O3/c1-35-19-13-11-17(12-14-19)16-27-26(34)29-23-15-22(18-7-3-2-4-8-18)31-32(23)25-28-21-10-6-5-9-20(21)24(33)30-25/h2-4,7-8,11-15H,5-6,9-10,16H2,1H3,(H2,27,29,34)(H,28,30,33). The molecule has 0 aliphatic heterocycles. The van der Waals surface area contributed by atoms with Gasteiger partial charge in [0.1, 0.15) is 11.6 Å². The van der Waals surface area contributed by atoms with Crippen LogP contribution >= 0.6 is 0 Å². The van der Waals surface area contributed by atoms with Crippen LogP contribution < -0.4 is 20.9 Å². The second kappa shape index (κ2) is 9.84. The van der Waals surface area contributed by atoms with E-state index in [1.807, 2.05) is 54.6 Å². The number of ether oxygens (including phenoxy) is 1. The van der Waals surface area contributed by atoms with Crippen LogP contribution in [0.4, 0.5) is 10.6 Å². The number of H-pyrrole nitrogens is 1. The molecule has 2 aromatic heterocycles. The Morgan fingerprint density at radius 3 is 2.63 bits per heavy atom.